The van der Waals surface area contributed by atoms with Crippen LogP contribution >= 0.6 is 0 Å². The van der Waals surface area contributed by atoms with Crippen LogP contribution in [0, 0.1) is 5.92 Å². The zero-order valence-electron chi connectivity index (χ0n) is 11.1. The van der Waals surface area contributed by atoms with E-state index in [1.807, 2.05) is 30.9 Å². The van der Waals surface area contributed by atoms with Crippen molar-refractivity contribution in [2.75, 3.05) is 13.1 Å². The van der Waals surface area contributed by atoms with Gasteiger partial charge in [-0.25, -0.2) is 0 Å². The molecule has 1 saturated heterocycles. The number of nitrogens with zero attached hydrogens (tertiary/aromatic N) is 1. The first-order valence-electron chi connectivity index (χ1n) is 6.51. The Balaban J connectivity index is 1.83. The number of aryl methyl sites for hydroxylation is 1. The molecule has 0 aromatic carbocycles. The maximum Gasteiger partial charge on any atom is 0.223 e. The number of carbonyl (C=O) groups excluding carboxylic acids is 1. The van der Waals surface area contributed by atoms with Crippen molar-refractivity contribution >= 4 is 5.91 Å². The molecule has 4 nitrogen and oxygen atoms in total. The molecule has 0 radical (unpaired) electrons. The molecule has 18 heavy (non-hydrogen) atoms. The molecule has 4 heteroatoms. The fourth-order valence-electron chi connectivity index (χ4n) is 2.30. The molecule has 0 bridgehead atoms. The van der Waals surface area contributed by atoms with Crippen LogP contribution in [0.4, 0.5) is 0 Å². The fourth-order valence-corrected chi connectivity index (χ4v) is 2.30. The molecule has 2 heterocycles. The summed E-state index contributed by atoms with van der Waals surface area (Å²) in [7, 11) is 0. The van der Waals surface area contributed by atoms with E-state index in [9.17, 15) is 9.90 Å². The molecule has 0 saturated carbocycles. The highest BCUT2D eigenvalue weighted by molar-refractivity contribution is 5.76. The van der Waals surface area contributed by atoms with E-state index in [2.05, 4.69) is 0 Å². The van der Waals surface area contributed by atoms with Gasteiger partial charge in [-0.3, -0.25) is 4.79 Å². The van der Waals surface area contributed by atoms with Gasteiger partial charge in [0.2, 0.25) is 5.91 Å². The second-order valence-corrected chi connectivity index (χ2v) is 5.43. The number of amides is 1. The van der Waals surface area contributed by atoms with Gasteiger partial charge >= 0.3 is 0 Å². The van der Waals surface area contributed by atoms with Crippen LogP contribution in [0.25, 0.3) is 0 Å². The zero-order valence-corrected chi connectivity index (χ0v) is 11.1. The average Bonchev–Trinajstić information content (AvgIpc) is 2.82. The third-order valence-corrected chi connectivity index (χ3v) is 3.96. The maximum atomic E-state index is 12.1. The van der Waals surface area contributed by atoms with Crippen molar-refractivity contribution in [3.63, 3.8) is 0 Å². The summed E-state index contributed by atoms with van der Waals surface area (Å²) in [6.07, 6.45) is 3.40. The minimum atomic E-state index is -0.641. The predicted octanol–water partition coefficient (Wildman–Crippen LogP) is 1.83. The Morgan fingerprint density at radius 2 is 2.44 bits per heavy atom. The van der Waals surface area contributed by atoms with Crippen LogP contribution in [-0.4, -0.2) is 34.6 Å². The van der Waals surface area contributed by atoms with Gasteiger partial charge in [-0.2, -0.15) is 0 Å². The van der Waals surface area contributed by atoms with E-state index >= 15 is 0 Å². The lowest BCUT2D eigenvalue weighted by Gasteiger charge is -2.41. The molecule has 0 spiro atoms. The van der Waals surface area contributed by atoms with Crippen LogP contribution < -0.4 is 0 Å². The van der Waals surface area contributed by atoms with Crippen molar-refractivity contribution in [3.05, 3.63) is 24.2 Å². The maximum absolute atomic E-state index is 12.1. The van der Waals surface area contributed by atoms with Gasteiger partial charge in [-0.05, 0) is 25.5 Å². The third kappa shape index (κ3) is 2.93. The lowest BCUT2D eigenvalue weighted by molar-refractivity contribution is -0.138. The normalized spacial score (nSPS) is 28.4. The molecule has 1 amide bonds. The van der Waals surface area contributed by atoms with Crippen molar-refractivity contribution in [3.8, 4) is 0 Å². The summed E-state index contributed by atoms with van der Waals surface area (Å²) in [5.74, 6) is 1.12. The fraction of sp³-hybridized carbons (Fsp3) is 0.643. The highest BCUT2D eigenvalue weighted by Gasteiger charge is 2.35. The molecule has 0 aliphatic carbocycles. The lowest BCUT2D eigenvalue weighted by atomic mass is 9.84. The van der Waals surface area contributed by atoms with Crippen LogP contribution in [-0.2, 0) is 11.2 Å². The third-order valence-electron chi connectivity index (χ3n) is 3.96. The van der Waals surface area contributed by atoms with E-state index in [1.165, 1.54) is 0 Å². The van der Waals surface area contributed by atoms with E-state index in [0.717, 1.165) is 5.76 Å². The van der Waals surface area contributed by atoms with E-state index in [-0.39, 0.29) is 11.8 Å². The van der Waals surface area contributed by atoms with Gasteiger partial charge in [0.15, 0.2) is 0 Å². The highest BCUT2D eigenvalue weighted by Crippen LogP contribution is 2.27. The molecule has 1 N–H and O–H groups in total. The summed E-state index contributed by atoms with van der Waals surface area (Å²) >= 11 is 0. The van der Waals surface area contributed by atoms with Gasteiger partial charge in [-0.1, -0.05) is 6.92 Å². The Bertz CT molecular complexity index is 397. The Kier molecular flexibility index (Phi) is 3.76. The zero-order chi connectivity index (χ0) is 13.2. The smallest absolute Gasteiger partial charge is 0.223 e. The van der Waals surface area contributed by atoms with Crippen LogP contribution in [0.2, 0.25) is 0 Å². The average molecular weight is 251 g/mol. The molecular formula is C14H21NO3. The van der Waals surface area contributed by atoms with Crippen LogP contribution in [0.15, 0.2) is 22.8 Å². The number of carbonyl (C=O) groups is 1. The van der Waals surface area contributed by atoms with Gasteiger partial charge < -0.3 is 14.4 Å². The first-order chi connectivity index (χ1) is 8.49. The van der Waals surface area contributed by atoms with E-state index < -0.39 is 5.60 Å². The highest BCUT2D eigenvalue weighted by atomic mass is 16.3. The lowest BCUT2D eigenvalue weighted by Crippen LogP contribution is -2.50. The number of furan rings is 1. The van der Waals surface area contributed by atoms with Crippen molar-refractivity contribution in [1.82, 2.24) is 4.90 Å². The predicted molar refractivity (Wildman–Crippen MR) is 68.0 cm³/mol. The monoisotopic (exact) mass is 251 g/mol. The second kappa shape index (κ2) is 5.14. The summed E-state index contributed by atoms with van der Waals surface area (Å²) in [6, 6.07) is 3.72. The summed E-state index contributed by atoms with van der Waals surface area (Å²) in [4.78, 5) is 13.9. The first kappa shape index (κ1) is 13.1. The molecule has 1 aromatic heterocycles. The molecule has 1 aliphatic rings. The molecule has 2 rings (SSSR count). The topological polar surface area (TPSA) is 53.7 Å². The van der Waals surface area contributed by atoms with Crippen molar-refractivity contribution in [2.24, 2.45) is 5.92 Å². The summed E-state index contributed by atoms with van der Waals surface area (Å²) < 4.78 is 5.21. The number of hydrogen-bond acceptors (Lipinski definition) is 3. The van der Waals surface area contributed by atoms with E-state index in [4.69, 9.17) is 4.42 Å². The van der Waals surface area contributed by atoms with E-state index in [1.54, 1.807) is 6.26 Å². The van der Waals surface area contributed by atoms with Crippen LogP contribution in [0.3, 0.4) is 0 Å². The number of hydrogen-bond donors (Lipinski definition) is 1. The van der Waals surface area contributed by atoms with Crippen LogP contribution in [0.1, 0.15) is 32.4 Å². The standard InChI is InChI=1S/C14H21NO3/c1-11-10-15(8-7-14(11,2)17)13(16)6-5-12-4-3-9-18-12/h3-4,9,11,17H,5-8,10H2,1-2H3/t11-,14+/m0/s1. The molecule has 1 aliphatic heterocycles. The SMILES string of the molecule is C[C@H]1CN(C(=O)CCc2ccco2)CC[C@@]1(C)O. The molecule has 2 atom stereocenters. The van der Waals surface area contributed by atoms with Crippen molar-refractivity contribution in [1.29, 1.82) is 0 Å². The second-order valence-electron chi connectivity index (χ2n) is 5.43. The molecule has 1 fully saturated rings. The number of piperidine rings is 1. The van der Waals surface area contributed by atoms with Crippen LogP contribution in [0.5, 0.6) is 0 Å². The Morgan fingerprint density at radius 3 is 3.06 bits per heavy atom. The molecule has 0 unspecified atom stereocenters. The quantitative estimate of drug-likeness (QED) is 0.891. The Morgan fingerprint density at radius 1 is 1.67 bits per heavy atom. The summed E-state index contributed by atoms with van der Waals surface area (Å²) in [5.41, 5.74) is -0.641. The summed E-state index contributed by atoms with van der Waals surface area (Å²) in [6.45, 7) is 5.13. The molecular weight excluding hydrogens is 230 g/mol. The molecule has 1 aromatic rings. The summed E-state index contributed by atoms with van der Waals surface area (Å²) in [5, 5.41) is 10.1. The minimum absolute atomic E-state index is 0.124. The number of rotatable bonds is 3. The number of aliphatic hydroxyl groups is 1. The van der Waals surface area contributed by atoms with Gasteiger partial charge in [-0.15, -0.1) is 0 Å². The Labute approximate surface area is 108 Å². The van der Waals surface area contributed by atoms with Gasteiger partial charge in [0.05, 0.1) is 11.9 Å². The largest absolute Gasteiger partial charge is 0.469 e. The van der Waals surface area contributed by atoms with Crippen molar-refractivity contribution < 1.29 is 14.3 Å². The first-order valence-corrected chi connectivity index (χ1v) is 6.51. The van der Waals surface area contributed by atoms with Gasteiger partial charge in [0, 0.05) is 31.8 Å². The van der Waals surface area contributed by atoms with Crippen molar-refractivity contribution in [2.45, 2.75) is 38.7 Å². The van der Waals surface area contributed by atoms with Gasteiger partial charge in [0.1, 0.15) is 5.76 Å². The van der Waals surface area contributed by atoms with E-state index in [0.29, 0.717) is 32.4 Å². The Hall–Kier alpha value is -1.29. The minimum Gasteiger partial charge on any atom is -0.469 e. The number of likely N-dealkylation sites (tertiary alicyclic amines) is 1. The molecule has 100 valence electrons. The van der Waals surface area contributed by atoms with Gasteiger partial charge in [0.25, 0.3) is 0 Å².